The van der Waals surface area contributed by atoms with Crippen LogP contribution in [-0.4, -0.2) is 30.1 Å². The van der Waals surface area contributed by atoms with Crippen LogP contribution in [0.1, 0.15) is 26.2 Å². The van der Waals surface area contributed by atoms with Gasteiger partial charge in [-0.15, -0.1) is 0 Å². The number of halogens is 1. The van der Waals surface area contributed by atoms with E-state index in [-0.39, 0.29) is 11.7 Å². The Hall–Kier alpha value is -2.63. The number of hydrogen-bond acceptors (Lipinski definition) is 4. The fourth-order valence-corrected chi connectivity index (χ4v) is 2.90. The maximum Gasteiger partial charge on any atom is 0.265 e. The lowest BCUT2D eigenvalue weighted by Gasteiger charge is -2.22. The zero-order valence-electron chi connectivity index (χ0n) is 14.2. The number of para-hydroxylation sites is 1. The Morgan fingerprint density at radius 2 is 2.04 bits per heavy atom. The molecule has 1 N–H and O–H groups in total. The molecule has 1 atom stereocenters. The highest BCUT2D eigenvalue weighted by Gasteiger charge is 2.23. The van der Waals surface area contributed by atoms with Crippen LogP contribution in [-0.2, 0) is 4.79 Å². The van der Waals surface area contributed by atoms with E-state index in [1.54, 1.807) is 24.4 Å². The van der Waals surface area contributed by atoms with Crippen LogP contribution in [0.4, 0.5) is 15.9 Å². The van der Waals surface area contributed by atoms with E-state index in [2.05, 4.69) is 15.2 Å². The van der Waals surface area contributed by atoms with Gasteiger partial charge in [0.25, 0.3) is 5.91 Å². The first-order valence-corrected chi connectivity index (χ1v) is 8.61. The van der Waals surface area contributed by atoms with E-state index < -0.39 is 11.9 Å². The van der Waals surface area contributed by atoms with Crippen molar-refractivity contribution in [2.75, 3.05) is 23.3 Å². The summed E-state index contributed by atoms with van der Waals surface area (Å²) in [7, 11) is 0. The van der Waals surface area contributed by atoms with Crippen molar-refractivity contribution in [1.29, 1.82) is 0 Å². The van der Waals surface area contributed by atoms with Gasteiger partial charge in [0, 0.05) is 19.3 Å². The first-order chi connectivity index (χ1) is 12.2. The zero-order valence-corrected chi connectivity index (χ0v) is 14.2. The Morgan fingerprint density at radius 1 is 1.28 bits per heavy atom. The molecule has 1 aliphatic rings. The molecule has 2 heterocycles. The fourth-order valence-electron chi connectivity index (χ4n) is 2.90. The van der Waals surface area contributed by atoms with Gasteiger partial charge in [-0.1, -0.05) is 19.1 Å². The summed E-state index contributed by atoms with van der Waals surface area (Å²) >= 11 is 0. The highest BCUT2D eigenvalue weighted by Crippen LogP contribution is 2.27. The summed E-state index contributed by atoms with van der Waals surface area (Å²) in [6, 6.07) is 9.70. The van der Waals surface area contributed by atoms with E-state index in [4.69, 9.17) is 4.74 Å². The molecule has 6 heteroatoms. The second kappa shape index (κ2) is 7.96. The summed E-state index contributed by atoms with van der Waals surface area (Å²) < 4.78 is 19.3. The Morgan fingerprint density at radius 3 is 2.76 bits per heavy atom. The minimum atomic E-state index is -0.775. The number of aromatic nitrogens is 1. The maximum absolute atomic E-state index is 13.8. The smallest absolute Gasteiger partial charge is 0.265 e. The third-order valence-electron chi connectivity index (χ3n) is 4.22. The largest absolute Gasteiger partial charge is 0.478 e. The molecule has 2 aromatic rings. The monoisotopic (exact) mass is 343 g/mol. The molecule has 132 valence electrons. The number of pyridine rings is 1. The minimum Gasteiger partial charge on any atom is -0.478 e. The van der Waals surface area contributed by atoms with Crippen LogP contribution < -0.4 is 15.0 Å². The summed E-state index contributed by atoms with van der Waals surface area (Å²) in [6.07, 6.45) is 3.62. The Balaban J connectivity index is 1.73. The van der Waals surface area contributed by atoms with E-state index in [1.807, 2.05) is 13.0 Å². The van der Waals surface area contributed by atoms with E-state index in [0.717, 1.165) is 31.7 Å². The average molecular weight is 343 g/mol. The molecule has 5 nitrogen and oxygen atoms in total. The summed E-state index contributed by atoms with van der Waals surface area (Å²) in [5.41, 5.74) is 0.657. The molecule has 1 amide bonds. The number of carbonyl (C=O) groups is 1. The van der Waals surface area contributed by atoms with Crippen molar-refractivity contribution in [2.24, 2.45) is 0 Å². The van der Waals surface area contributed by atoms with Gasteiger partial charge >= 0.3 is 0 Å². The van der Waals surface area contributed by atoms with Crippen molar-refractivity contribution < 1.29 is 13.9 Å². The van der Waals surface area contributed by atoms with Crippen LogP contribution in [0.5, 0.6) is 5.75 Å². The predicted molar refractivity (Wildman–Crippen MR) is 95.4 cm³/mol. The van der Waals surface area contributed by atoms with E-state index >= 15 is 0 Å². The number of ether oxygens (including phenoxy) is 1. The molecule has 1 aromatic heterocycles. The quantitative estimate of drug-likeness (QED) is 0.870. The Kier molecular flexibility index (Phi) is 5.48. The Labute approximate surface area is 146 Å². The van der Waals surface area contributed by atoms with Crippen LogP contribution in [0.25, 0.3) is 0 Å². The van der Waals surface area contributed by atoms with Crippen molar-refractivity contribution in [3.05, 3.63) is 48.4 Å². The molecular weight excluding hydrogens is 321 g/mol. The molecule has 3 rings (SSSR count). The number of rotatable bonds is 6. The third kappa shape index (κ3) is 4.07. The standard InChI is InChI=1S/C19H22FN3O2/c1-2-16(25-17-10-4-3-8-14(17)20)19(24)22-15-9-7-11-21-18(15)23-12-5-6-13-23/h3-4,7-11,16H,2,5-6,12-13H2,1H3,(H,22,24)/t16-/m0/s1. The number of amides is 1. The second-order valence-corrected chi connectivity index (χ2v) is 6.00. The molecule has 1 saturated heterocycles. The van der Waals surface area contributed by atoms with Gasteiger partial charge in [-0.2, -0.15) is 0 Å². The van der Waals surface area contributed by atoms with E-state index in [9.17, 15) is 9.18 Å². The molecule has 0 radical (unpaired) electrons. The van der Waals surface area contributed by atoms with Crippen LogP contribution in [0.15, 0.2) is 42.6 Å². The van der Waals surface area contributed by atoms with Gasteiger partial charge in [0.15, 0.2) is 23.5 Å². The van der Waals surface area contributed by atoms with E-state index in [1.165, 1.54) is 12.1 Å². The summed E-state index contributed by atoms with van der Waals surface area (Å²) in [4.78, 5) is 19.2. The van der Waals surface area contributed by atoms with Crippen molar-refractivity contribution >= 4 is 17.4 Å². The van der Waals surface area contributed by atoms with Gasteiger partial charge in [-0.25, -0.2) is 9.37 Å². The number of nitrogens with one attached hydrogen (secondary N) is 1. The molecule has 0 bridgehead atoms. The zero-order chi connectivity index (χ0) is 17.6. The topological polar surface area (TPSA) is 54.5 Å². The number of anilines is 2. The average Bonchev–Trinajstić information content (AvgIpc) is 3.16. The Bertz CT molecular complexity index is 732. The van der Waals surface area contributed by atoms with Crippen LogP contribution in [0.2, 0.25) is 0 Å². The van der Waals surface area contributed by atoms with Gasteiger partial charge in [0.05, 0.1) is 5.69 Å². The first kappa shape index (κ1) is 17.2. The van der Waals surface area contributed by atoms with Crippen LogP contribution in [0.3, 0.4) is 0 Å². The number of hydrogen-bond donors (Lipinski definition) is 1. The number of carbonyl (C=O) groups excluding carboxylic acids is 1. The van der Waals surface area contributed by atoms with Crippen molar-refractivity contribution in [1.82, 2.24) is 4.98 Å². The number of benzene rings is 1. The summed E-state index contributed by atoms with van der Waals surface area (Å²) in [6.45, 7) is 3.70. The van der Waals surface area contributed by atoms with Crippen LogP contribution in [0, 0.1) is 5.82 Å². The molecule has 1 aliphatic heterocycles. The number of nitrogens with zero attached hydrogens (tertiary/aromatic N) is 2. The third-order valence-corrected chi connectivity index (χ3v) is 4.22. The van der Waals surface area contributed by atoms with E-state index in [0.29, 0.717) is 12.1 Å². The first-order valence-electron chi connectivity index (χ1n) is 8.61. The lowest BCUT2D eigenvalue weighted by atomic mass is 10.2. The summed E-state index contributed by atoms with van der Waals surface area (Å²) in [5, 5.41) is 2.89. The highest BCUT2D eigenvalue weighted by molar-refractivity contribution is 5.96. The SMILES string of the molecule is CC[C@H](Oc1ccccc1F)C(=O)Nc1cccnc1N1CCCC1. The van der Waals surface area contributed by atoms with Crippen molar-refractivity contribution in [3.63, 3.8) is 0 Å². The lowest BCUT2D eigenvalue weighted by Crippen LogP contribution is -2.33. The minimum absolute atomic E-state index is 0.0791. The highest BCUT2D eigenvalue weighted by atomic mass is 19.1. The molecule has 0 unspecified atom stereocenters. The molecule has 25 heavy (non-hydrogen) atoms. The van der Waals surface area contributed by atoms with Crippen molar-refractivity contribution in [3.8, 4) is 5.75 Å². The van der Waals surface area contributed by atoms with Gasteiger partial charge in [-0.3, -0.25) is 4.79 Å². The van der Waals surface area contributed by atoms with Gasteiger partial charge in [0.1, 0.15) is 0 Å². The summed E-state index contributed by atoms with van der Waals surface area (Å²) in [5.74, 6) is 0.0663. The normalized spacial score (nSPS) is 15.0. The van der Waals surface area contributed by atoms with Gasteiger partial charge in [0.2, 0.25) is 0 Å². The molecule has 1 aromatic carbocycles. The van der Waals surface area contributed by atoms with Crippen molar-refractivity contribution in [2.45, 2.75) is 32.3 Å². The molecular formula is C19H22FN3O2. The van der Waals surface area contributed by atoms with Crippen LogP contribution >= 0.6 is 0 Å². The lowest BCUT2D eigenvalue weighted by molar-refractivity contribution is -0.122. The molecule has 0 saturated carbocycles. The molecule has 1 fully saturated rings. The molecule has 0 spiro atoms. The second-order valence-electron chi connectivity index (χ2n) is 6.00. The molecule has 0 aliphatic carbocycles. The van der Waals surface area contributed by atoms with Gasteiger partial charge in [-0.05, 0) is 43.5 Å². The van der Waals surface area contributed by atoms with Gasteiger partial charge < -0.3 is 15.0 Å². The predicted octanol–water partition coefficient (Wildman–Crippen LogP) is 3.62. The maximum atomic E-state index is 13.8. The fraction of sp³-hybridized carbons (Fsp3) is 0.368.